The van der Waals surface area contributed by atoms with E-state index in [0.717, 1.165) is 42.7 Å². The van der Waals surface area contributed by atoms with E-state index in [9.17, 15) is 14.1 Å². The average molecular weight is 621 g/mol. The molecule has 1 aliphatic heterocycles. The number of thiol groups is 1. The molecule has 1 heterocycles. The Kier molecular flexibility index (Phi) is 9.87. The Balaban J connectivity index is 1.56. The molecule has 0 aromatic carbocycles. The van der Waals surface area contributed by atoms with Crippen molar-refractivity contribution in [2.24, 2.45) is 17.3 Å². The second kappa shape index (κ2) is 12.7. The van der Waals surface area contributed by atoms with Gasteiger partial charge in [0.15, 0.2) is 0 Å². The van der Waals surface area contributed by atoms with Crippen LogP contribution in [0.15, 0.2) is 81.9 Å². The molecule has 4 rings (SSSR count). The average Bonchev–Trinajstić information content (AvgIpc) is 3.68. The summed E-state index contributed by atoms with van der Waals surface area (Å²) < 4.78 is 20.4. The SMILES string of the molecule is C=C1OC(C)(C)CC/C1=C1/CC1C/C(=C\C)C(C)(C)C1=CC(Cl)CC=C1N(CC1=CCC(CCl)C=C1C(=O)O)[SH]=O. The predicted molar refractivity (Wildman–Crippen MR) is 170 cm³/mol. The molecule has 41 heavy (non-hydrogen) atoms. The summed E-state index contributed by atoms with van der Waals surface area (Å²) in [5, 5.41) is 9.69. The van der Waals surface area contributed by atoms with Gasteiger partial charge in [0.05, 0.1) is 17.5 Å². The van der Waals surface area contributed by atoms with Crippen molar-refractivity contribution in [3.8, 4) is 0 Å². The van der Waals surface area contributed by atoms with Crippen molar-refractivity contribution in [3.63, 3.8) is 0 Å². The Morgan fingerprint density at radius 3 is 2.63 bits per heavy atom. The fourth-order valence-corrected chi connectivity index (χ4v) is 7.25. The lowest BCUT2D eigenvalue weighted by atomic mass is 9.72. The van der Waals surface area contributed by atoms with E-state index in [0.29, 0.717) is 30.2 Å². The number of carboxylic acids is 1. The highest BCUT2D eigenvalue weighted by Gasteiger charge is 2.41. The number of aliphatic carboxylic acids is 1. The van der Waals surface area contributed by atoms with Gasteiger partial charge in [-0.25, -0.2) is 9.00 Å². The Morgan fingerprint density at radius 2 is 2.02 bits per heavy atom. The van der Waals surface area contributed by atoms with Gasteiger partial charge in [-0.3, -0.25) is 4.31 Å². The fourth-order valence-electron chi connectivity index (χ4n) is 6.34. The lowest BCUT2D eigenvalue weighted by Crippen LogP contribution is -2.32. The zero-order valence-corrected chi connectivity index (χ0v) is 27.2. The van der Waals surface area contributed by atoms with Crippen molar-refractivity contribution in [2.75, 3.05) is 12.4 Å². The topological polar surface area (TPSA) is 66.8 Å². The highest BCUT2D eigenvalue weighted by Crippen LogP contribution is 2.53. The van der Waals surface area contributed by atoms with Crippen LogP contribution in [0, 0.1) is 17.3 Å². The number of rotatable bonds is 10. The number of hydrogen-bond acceptors (Lipinski definition) is 3. The van der Waals surface area contributed by atoms with Crippen LogP contribution in [0.1, 0.15) is 73.1 Å². The van der Waals surface area contributed by atoms with Crippen LogP contribution in [0.4, 0.5) is 0 Å². The van der Waals surface area contributed by atoms with Crippen LogP contribution >= 0.6 is 23.2 Å². The molecule has 4 aliphatic rings. The van der Waals surface area contributed by atoms with Crippen LogP contribution in [-0.2, 0) is 21.4 Å². The second-order valence-corrected chi connectivity index (χ2v) is 14.2. The van der Waals surface area contributed by atoms with E-state index >= 15 is 0 Å². The minimum absolute atomic E-state index is 0.0200. The molecule has 0 bridgehead atoms. The van der Waals surface area contributed by atoms with Crippen LogP contribution in [0.25, 0.3) is 0 Å². The number of carboxylic acid groups (broad SMARTS) is 1. The zero-order valence-electron chi connectivity index (χ0n) is 24.8. The van der Waals surface area contributed by atoms with E-state index in [1.807, 2.05) is 12.2 Å². The van der Waals surface area contributed by atoms with Crippen molar-refractivity contribution >= 4 is 41.0 Å². The molecular weight excluding hydrogens is 577 g/mol. The molecule has 2 fully saturated rings. The van der Waals surface area contributed by atoms with Crippen molar-refractivity contribution in [1.29, 1.82) is 0 Å². The molecule has 1 N–H and O–H groups in total. The Hall–Kier alpha value is -2.02. The number of allylic oxidation sites excluding steroid dienone is 9. The fraction of sp³-hybridized carbons (Fsp3) is 0.545. The molecule has 1 saturated heterocycles. The molecule has 3 atom stereocenters. The van der Waals surface area contributed by atoms with Crippen molar-refractivity contribution in [2.45, 2.75) is 84.1 Å². The molecule has 0 radical (unpaired) electrons. The minimum Gasteiger partial charge on any atom is -0.488 e. The van der Waals surface area contributed by atoms with Crippen LogP contribution < -0.4 is 0 Å². The first-order valence-corrected chi connectivity index (χ1v) is 16.2. The molecule has 0 aromatic rings. The number of nitrogens with zero attached hydrogens (tertiary/aromatic N) is 1. The highest BCUT2D eigenvalue weighted by atomic mass is 35.5. The van der Waals surface area contributed by atoms with Gasteiger partial charge in [0.25, 0.3) is 0 Å². The number of hydrogen-bond donors (Lipinski definition) is 2. The molecule has 8 heteroatoms. The van der Waals surface area contributed by atoms with Gasteiger partial charge < -0.3 is 9.84 Å². The Labute approximate surface area is 259 Å². The monoisotopic (exact) mass is 619 g/mol. The molecule has 3 aliphatic carbocycles. The number of carbonyl (C=O) groups is 1. The number of ether oxygens (including phenoxy) is 1. The number of alkyl halides is 2. The summed E-state index contributed by atoms with van der Waals surface area (Å²) in [6, 6.07) is 0. The molecule has 5 nitrogen and oxygen atoms in total. The van der Waals surface area contributed by atoms with Crippen LogP contribution in [-0.4, -0.2) is 43.0 Å². The summed E-state index contributed by atoms with van der Waals surface area (Å²) in [4.78, 5) is 12.0. The summed E-state index contributed by atoms with van der Waals surface area (Å²) in [6.45, 7) is 15.1. The van der Waals surface area contributed by atoms with Gasteiger partial charge in [-0.15, -0.1) is 23.2 Å². The summed E-state index contributed by atoms with van der Waals surface area (Å²) >= 11 is 12.5. The maximum Gasteiger partial charge on any atom is 0.335 e. The van der Waals surface area contributed by atoms with Crippen molar-refractivity contribution < 1.29 is 18.8 Å². The first-order valence-electron chi connectivity index (χ1n) is 14.4. The van der Waals surface area contributed by atoms with E-state index in [2.05, 4.69) is 53.3 Å². The lowest BCUT2D eigenvalue weighted by molar-refractivity contribution is -0.132. The summed E-state index contributed by atoms with van der Waals surface area (Å²) in [5.41, 5.74) is 6.21. The third kappa shape index (κ3) is 7.14. The lowest BCUT2D eigenvalue weighted by Gasteiger charge is -2.38. The van der Waals surface area contributed by atoms with Gasteiger partial charge in [0, 0.05) is 17.0 Å². The predicted octanol–water partition coefficient (Wildman–Crippen LogP) is 7.95. The first kappa shape index (κ1) is 31.9. The molecule has 0 amide bonds. The normalized spacial score (nSPS) is 28.2. The van der Waals surface area contributed by atoms with Gasteiger partial charge in [0.1, 0.15) is 23.2 Å². The van der Waals surface area contributed by atoms with Crippen LogP contribution in [0.5, 0.6) is 0 Å². The van der Waals surface area contributed by atoms with Gasteiger partial charge >= 0.3 is 5.97 Å². The maximum atomic E-state index is 12.6. The third-order valence-electron chi connectivity index (χ3n) is 8.89. The molecule has 0 spiro atoms. The summed E-state index contributed by atoms with van der Waals surface area (Å²) in [6.07, 6.45) is 15.2. The van der Waals surface area contributed by atoms with E-state index in [1.165, 1.54) is 16.7 Å². The van der Waals surface area contributed by atoms with Crippen molar-refractivity contribution in [1.82, 2.24) is 4.31 Å². The largest absolute Gasteiger partial charge is 0.488 e. The molecule has 224 valence electrons. The molecule has 1 saturated carbocycles. The Bertz CT molecular complexity index is 1300. The maximum absolute atomic E-state index is 12.6. The van der Waals surface area contributed by atoms with Gasteiger partial charge in [-0.2, -0.15) is 0 Å². The van der Waals surface area contributed by atoms with Gasteiger partial charge in [-0.1, -0.05) is 62.0 Å². The first-order chi connectivity index (χ1) is 19.3. The summed E-state index contributed by atoms with van der Waals surface area (Å²) in [5.74, 6) is 0.619. The van der Waals surface area contributed by atoms with Crippen molar-refractivity contribution in [3.05, 3.63) is 81.9 Å². The van der Waals surface area contributed by atoms with Gasteiger partial charge in [0.2, 0.25) is 0 Å². The quantitative estimate of drug-likeness (QED) is 0.148. The molecular formula is C33H43Cl2NO4S. The van der Waals surface area contributed by atoms with E-state index < -0.39 is 5.97 Å². The van der Waals surface area contributed by atoms with E-state index in [1.54, 1.807) is 10.4 Å². The highest BCUT2D eigenvalue weighted by molar-refractivity contribution is 7.63. The number of halogens is 2. The van der Waals surface area contributed by atoms with Crippen LogP contribution in [0.3, 0.4) is 0 Å². The molecule has 0 aromatic heterocycles. The third-order valence-corrected chi connectivity index (χ3v) is 10.1. The van der Waals surface area contributed by atoms with Gasteiger partial charge in [-0.05, 0) is 87.9 Å². The minimum atomic E-state index is -0.997. The van der Waals surface area contributed by atoms with E-state index in [-0.39, 0.29) is 46.3 Å². The zero-order chi connectivity index (χ0) is 30.1. The smallest absolute Gasteiger partial charge is 0.335 e. The standard InChI is InChI=1S/C33H43Cl2NO4S/c1-7-24(15-23-16-27(23)26-12-13-32(3,4)40-20(26)2)33(5,6)29-17-25(35)10-11-30(29)36(41-39)19-22-9-8-21(18-34)14-28(22)31(37)38/h7,9,11,14,17,21,23,25,41H,2,8,10,12-13,15-16,18-19H2,1,3-6H3,(H,37,38)/b24-7+,27-26+. The second-order valence-electron chi connectivity index (χ2n) is 12.7. The molecule has 3 unspecified atom stereocenters. The van der Waals surface area contributed by atoms with E-state index in [4.69, 9.17) is 27.9 Å². The Morgan fingerprint density at radius 1 is 1.29 bits per heavy atom. The summed E-state index contributed by atoms with van der Waals surface area (Å²) in [7, 11) is 0. The van der Waals surface area contributed by atoms with Crippen LogP contribution in [0.2, 0.25) is 0 Å².